The molecule has 0 bridgehead atoms. The second-order valence-corrected chi connectivity index (χ2v) is 6.54. The van der Waals surface area contributed by atoms with Gasteiger partial charge in [0.15, 0.2) is 0 Å². The Morgan fingerprint density at radius 3 is 2.42 bits per heavy atom. The molecule has 0 amide bonds. The molecule has 2 N–H and O–H groups in total. The molecule has 132 valence electrons. The first-order valence-corrected chi connectivity index (χ1v) is 7.98. The van der Waals surface area contributed by atoms with Crippen molar-refractivity contribution in [3.05, 3.63) is 26.4 Å². The van der Waals surface area contributed by atoms with Crippen molar-refractivity contribution in [1.29, 1.82) is 0 Å². The molecule has 8 heteroatoms. The molecule has 1 fully saturated rings. The zero-order chi connectivity index (χ0) is 17.9. The van der Waals surface area contributed by atoms with Gasteiger partial charge in [-0.1, -0.05) is 19.3 Å². The van der Waals surface area contributed by atoms with Gasteiger partial charge in [-0.3, -0.25) is 23.7 Å². The monoisotopic (exact) mass is 337 g/mol. The first-order chi connectivity index (χ1) is 11.3. The minimum Gasteiger partial charge on any atom is -0.494 e. The van der Waals surface area contributed by atoms with Crippen molar-refractivity contribution >= 4 is 12.2 Å². The van der Waals surface area contributed by atoms with E-state index in [4.69, 9.17) is 5.11 Å². The quantitative estimate of drug-likeness (QED) is 0.765. The van der Waals surface area contributed by atoms with E-state index >= 15 is 0 Å². The van der Waals surface area contributed by atoms with Gasteiger partial charge in [0.2, 0.25) is 5.88 Å². The van der Waals surface area contributed by atoms with E-state index in [1.807, 2.05) is 0 Å². The van der Waals surface area contributed by atoms with Crippen molar-refractivity contribution in [1.82, 2.24) is 9.13 Å². The fourth-order valence-corrected chi connectivity index (χ4v) is 3.32. The normalized spacial score (nSPS) is 17.2. The third kappa shape index (κ3) is 3.58. The highest BCUT2D eigenvalue weighted by Gasteiger charge is 2.34. The number of aromatic nitrogens is 2. The van der Waals surface area contributed by atoms with Crippen molar-refractivity contribution in [3.8, 4) is 5.88 Å². The van der Waals surface area contributed by atoms with E-state index in [-0.39, 0.29) is 18.5 Å². The Hall–Kier alpha value is -2.38. The number of nitrogens with zero attached hydrogens (tertiary/aromatic N) is 3. The first kappa shape index (κ1) is 18.0. The van der Waals surface area contributed by atoms with Gasteiger partial charge in [-0.2, -0.15) is 0 Å². The Bertz CT molecular complexity index is 769. The molecule has 1 aromatic rings. The third-order valence-corrected chi connectivity index (χ3v) is 4.76. The standard InChI is InChI=1S/C16H23N3O5/c1-18-13(22)11(14(23)19(2)15(18)24)9-17-10-16(8-12(20)21)6-4-3-5-7-16/h9,22H,3-8,10H2,1-2H3,(H,20,21). The van der Waals surface area contributed by atoms with E-state index in [0.717, 1.165) is 41.2 Å². The molecule has 0 aliphatic heterocycles. The zero-order valence-corrected chi connectivity index (χ0v) is 14.0. The molecular formula is C16H23N3O5. The lowest BCUT2D eigenvalue weighted by Gasteiger charge is -2.34. The Kier molecular flexibility index (Phi) is 5.26. The Morgan fingerprint density at radius 2 is 1.83 bits per heavy atom. The lowest BCUT2D eigenvalue weighted by molar-refractivity contribution is -0.140. The molecule has 1 saturated carbocycles. The molecule has 0 atom stereocenters. The number of carboxylic acid groups (broad SMARTS) is 1. The topological polar surface area (TPSA) is 114 Å². The van der Waals surface area contributed by atoms with Crippen LogP contribution in [0.1, 0.15) is 44.1 Å². The second kappa shape index (κ2) is 7.02. The van der Waals surface area contributed by atoms with E-state index < -0.39 is 28.5 Å². The lowest BCUT2D eigenvalue weighted by Crippen LogP contribution is -2.38. The summed E-state index contributed by atoms with van der Waals surface area (Å²) >= 11 is 0. The van der Waals surface area contributed by atoms with Crippen LogP contribution >= 0.6 is 0 Å². The Labute approximate surface area is 139 Å². The van der Waals surface area contributed by atoms with Gasteiger partial charge in [-0.25, -0.2) is 4.79 Å². The lowest BCUT2D eigenvalue weighted by atomic mass is 9.72. The summed E-state index contributed by atoms with van der Waals surface area (Å²) in [5, 5.41) is 19.2. The number of carboxylic acids is 1. The van der Waals surface area contributed by atoms with Gasteiger partial charge in [-0.15, -0.1) is 0 Å². The van der Waals surface area contributed by atoms with Crippen LogP contribution in [0.25, 0.3) is 0 Å². The molecule has 1 aliphatic carbocycles. The fourth-order valence-electron chi connectivity index (χ4n) is 3.32. The van der Waals surface area contributed by atoms with E-state index in [1.165, 1.54) is 20.3 Å². The predicted molar refractivity (Wildman–Crippen MR) is 88.8 cm³/mol. The molecule has 24 heavy (non-hydrogen) atoms. The van der Waals surface area contributed by atoms with Crippen molar-refractivity contribution in [2.24, 2.45) is 24.5 Å². The average molecular weight is 337 g/mol. The number of rotatable bonds is 5. The number of hydrogen-bond donors (Lipinski definition) is 2. The smallest absolute Gasteiger partial charge is 0.333 e. The molecule has 1 aromatic heterocycles. The van der Waals surface area contributed by atoms with Gasteiger partial charge in [-0.05, 0) is 12.8 Å². The fraction of sp³-hybridized carbons (Fsp3) is 0.625. The molecule has 1 heterocycles. The maximum absolute atomic E-state index is 12.1. The van der Waals surface area contributed by atoms with Crippen LogP contribution in [0.3, 0.4) is 0 Å². The molecule has 8 nitrogen and oxygen atoms in total. The summed E-state index contributed by atoms with van der Waals surface area (Å²) in [6, 6.07) is 0. The van der Waals surface area contributed by atoms with Crippen molar-refractivity contribution in [2.45, 2.75) is 38.5 Å². The number of aliphatic carboxylic acids is 1. The van der Waals surface area contributed by atoms with Crippen molar-refractivity contribution < 1.29 is 15.0 Å². The number of aliphatic imine (C=N–C) groups is 1. The summed E-state index contributed by atoms with van der Waals surface area (Å²) in [6.07, 6.45) is 5.89. The maximum atomic E-state index is 12.1. The Balaban J connectivity index is 2.29. The van der Waals surface area contributed by atoms with Gasteiger partial charge in [0.25, 0.3) is 5.56 Å². The highest BCUT2D eigenvalue weighted by Crippen LogP contribution is 2.39. The van der Waals surface area contributed by atoms with Gasteiger partial charge in [0.05, 0.1) is 6.42 Å². The van der Waals surface area contributed by atoms with E-state index in [2.05, 4.69) is 4.99 Å². The summed E-state index contributed by atoms with van der Waals surface area (Å²) in [6.45, 7) is 0.282. The largest absolute Gasteiger partial charge is 0.494 e. The Morgan fingerprint density at radius 1 is 1.21 bits per heavy atom. The van der Waals surface area contributed by atoms with Crippen molar-refractivity contribution in [2.75, 3.05) is 6.54 Å². The van der Waals surface area contributed by atoms with Gasteiger partial charge < -0.3 is 10.2 Å². The summed E-state index contributed by atoms with van der Waals surface area (Å²) in [5.41, 5.74) is -1.72. The van der Waals surface area contributed by atoms with Crippen LogP contribution in [0, 0.1) is 5.41 Å². The molecule has 1 aliphatic rings. The summed E-state index contributed by atoms with van der Waals surface area (Å²) in [4.78, 5) is 39.2. The minimum atomic E-state index is -0.854. The van der Waals surface area contributed by atoms with Crippen LogP contribution in [-0.4, -0.2) is 38.1 Å². The van der Waals surface area contributed by atoms with Crippen molar-refractivity contribution in [3.63, 3.8) is 0 Å². The molecule has 2 rings (SSSR count). The molecule has 0 saturated heterocycles. The predicted octanol–water partition coefficient (Wildman–Crippen LogP) is 0.634. The van der Waals surface area contributed by atoms with Crippen LogP contribution in [0.4, 0.5) is 0 Å². The molecule has 0 unspecified atom stereocenters. The molecule has 0 spiro atoms. The van der Waals surface area contributed by atoms with Crippen LogP contribution in [0.15, 0.2) is 14.6 Å². The SMILES string of the molecule is Cn1c(O)c(C=NCC2(CC(=O)O)CCCCC2)c(=O)n(C)c1=O. The summed E-state index contributed by atoms with van der Waals surface area (Å²) in [7, 11) is 2.69. The first-order valence-electron chi connectivity index (χ1n) is 7.98. The second-order valence-electron chi connectivity index (χ2n) is 6.54. The number of aromatic hydroxyl groups is 1. The molecule has 0 radical (unpaired) electrons. The summed E-state index contributed by atoms with van der Waals surface area (Å²) in [5.74, 6) is -1.30. The van der Waals surface area contributed by atoms with E-state index in [0.29, 0.717) is 0 Å². The van der Waals surface area contributed by atoms with Gasteiger partial charge in [0, 0.05) is 32.3 Å². The van der Waals surface area contributed by atoms with E-state index in [9.17, 15) is 19.5 Å². The van der Waals surface area contributed by atoms with Crippen LogP contribution < -0.4 is 11.2 Å². The minimum absolute atomic E-state index is 0.0433. The van der Waals surface area contributed by atoms with Gasteiger partial charge in [0.1, 0.15) is 5.56 Å². The van der Waals surface area contributed by atoms with Crippen LogP contribution in [0.5, 0.6) is 5.88 Å². The number of carbonyl (C=O) groups is 1. The van der Waals surface area contributed by atoms with Crippen LogP contribution in [-0.2, 0) is 18.9 Å². The molecular weight excluding hydrogens is 314 g/mol. The molecule has 0 aromatic carbocycles. The van der Waals surface area contributed by atoms with Crippen LogP contribution in [0.2, 0.25) is 0 Å². The average Bonchev–Trinajstić information content (AvgIpc) is 2.54. The van der Waals surface area contributed by atoms with E-state index in [1.54, 1.807) is 0 Å². The highest BCUT2D eigenvalue weighted by atomic mass is 16.4. The van der Waals surface area contributed by atoms with Gasteiger partial charge >= 0.3 is 11.7 Å². The third-order valence-electron chi connectivity index (χ3n) is 4.76. The summed E-state index contributed by atoms with van der Waals surface area (Å²) < 4.78 is 1.87. The zero-order valence-electron chi connectivity index (χ0n) is 14.0. The highest BCUT2D eigenvalue weighted by molar-refractivity contribution is 5.82. The maximum Gasteiger partial charge on any atom is 0.333 e. The number of hydrogen-bond acceptors (Lipinski definition) is 5.